The van der Waals surface area contributed by atoms with Gasteiger partial charge in [-0.1, -0.05) is 19.4 Å². The van der Waals surface area contributed by atoms with Gasteiger partial charge in [0.1, 0.15) is 5.76 Å². The second-order valence-electron chi connectivity index (χ2n) is 3.64. The van der Waals surface area contributed by atoms with Gasteiger partial charge < -0.3 is 10.8 Å². The highest BCUT2D eigenvalue weighted by Gasteiger charge is 2.33. The van der Waals surface area contributed by atoms with Crippen molar-refractivity contribution in [1.82, 2.24) is 0 Å². The summed E-state index contributed by atoms with van der Waals surface area (Å²) in [5.41, 5.74) is 4.08. The number of alkyl halides is 3. The number of anilines is 1. The molecule has 0 aliphatic rings. The second-order valence-corrected chi connectivity index (χ2v) is 3.64. The lowest BCUT2D eigenvalue weighted by atomic mass is 10.0. The SMILES string of the molecule is CCCC=C(O)c1cccc(C(F)(F)F)c1N. The topological polar surface area (TPSA) is 46.2 Å². The van der Waals surface area contributed by atoms with E-state index in [0.29, 0.717) is 6.42 Å². The summed E-state index contributed by atoms with van der Waals surface area (Å²) in [6, 6.07) is 3.49. The summed E-state index contributed by atoms with van der Waals surface area (Å²) >= 11 is 0. The van der Waals surface area contributed by atoms with E-state index in [0.717, 1.165) is 12.5 Å². The van der Waals surface area contributed by atoms with E-state index in [1.807, 2.05) is 6.92 Å². The van der Waals surface area contributed by atoms with Crippen LogP contribution >= 0.6 is 0 Å². The first kappa shape index (κ1) is 13.4. The van der Waals surface area contributed by atoms with Crippen LogP contribution in [-0.4, -0.2) is 5.11 Å². The van der Waals surface area contributed by atoms with Crippen LogP contribution in [0, 0.1) is 0 Å². The van der Waals surface area contributed by atoms with E-state index >= 15 is 0 Å². The summed E-state index contributed by atoms with van der Waals surface area (Å²) in [7, 11) is 0. The molecule has 1 aromatic rings. The van der Waals surface area contributed by atoms with Crippen LogP contribution in [0.5, 0.6) is 0 Å². The number of nitrogen functional groups attached to an aromatic ring is 1. The first-order valence-electron chi connectivity index (χ1n) is 5.23. The molecule has 1 aromatic carbocycles. The third kappa shape index (κ3) is 3.15. The lowest BCUT2D eigenvalue weighted by molar-refractivity contribution is -0.136. The van der Waals surface area contributed by atoms with E-state index in [2.05, 4.69) is 0 Å². The normalized spacial score (nSPS) is 12.8. The van der Waals surface area contributed by atoms with Crippen molar-refractivity contribution >= 4 is 11.4 Å². The first-order chi connectivity index (χ1) is 7.88. The number of rotatable bonds is 3. The minimum absolute atomic E-state index is 0.0216. The van der Waals surface area contributed by atoms with Crippen LogP contribution in [-0.2, 0) is 6.18 Å². The molecule has 0 radical (unpaired) electrons. The van der Waals surface area contributed by atoms with Gasteiger partial charge in [0.2, 0.25) is 0 Å². The Bertz CT molecular complexity index is 424. The molecule has 0 aromatic heterocycles. The van der Waals surface area contributed by atoms with Gasteiger partial charge in [0, 0.05) is 5.56 Å². The molecule has 0 heterocycles. The standard InChI is InChI=1S/C12H14F3NO/c1-2-3-7-10(17)8-5-4-6-9(11(8)16)12(13,14)15/h4-7,17H,2-3,16H2,1H3. The molecule has 0 saturated heterocycles. The molecule has 0 fully saturated rings. The Morgan fingerprint density at radius 3 is 2.59 bits per heavy atom. The predicted molar refractivity (Wildman–Crippen MR) is 61.4 cm³/mol. The molecule has 0 amide bonds. The van der Waals surface area contributed by atoms with Crippen LogP contribution < -0.4 is 5.73 Å². The quantitative estimate of drug-likeness (QED) is 0.624. The fourth-order valence-electron chi connectivity index (χ4n) is 1.43. The highest BCUT2D eigenvalue weighted by atomic mass is 19.4. The van der Waals surface area contributed by atoms with Crippen molar-refractivity contribution < 1.29 is 18.3 Å². The van der Waals surface area contributed by atoms with Crippen molar-refractivity contribution in [3.63, 3.8) is 0 Å². The molecule has 5 heteroatoms. The lowest BCUT2D eigenvalue weighted by Gasteiger charge is -2.13. The summed E-state index contributed by atoms with van der Waals surface area (Å²) in [4.78, 5) is 0. The van der Waals surface area contributed by atoms with Gasteiger partial charge in [-0.15, -0.1) is 0 Å². The molecular weight excluding hydrogens is 231 g/mol. The van der Waals surface area contributed by atoms with Crippen LogP contribution in [0.1, 0.15) is 30.9 Å². The van der Waals surface area contributed by atoms with Crippen LogP contribution in [0.25, 0.3) is 5.76 Å². The number of benzene rings is 1. The fraction of sp³-hybridized carbons (Fsp3) is 0.333. The molecule has 94 valence electrons. The van der Waals surface area contributed by atoms with Crippen molar-refractivity contribution in [2.24, 2.45) is 0 Å². The maximum atomic E-state index is 12.6. The number of unbranched alkanes of at least 4 members (excludes halogenated alkanes) is 1. The molecule has 0 unspecified atom stereocenters. The third-order valence-electron chi connectivity index (χ3n) is 2.31. The predicted octanol–water partition coefficient (Wildman–Crippen LogP) is 3.99. The number of aliphatic hydroxyl groups excluding tert-OH is 1. The van der Waals surface area contributed by atoms with E-state index in [1.54, 1.807) is 0 Å². The average Bonchev–Trinajstić information content (AvgIpc) is 2.24. The van der Waals surface area contributed by atoms with Crippen LogP contribution in [0.15, 0.2) is 24.3 Å². The van der Waals surface area contributed by atoms with Crippen LogP contribution in [0.2, 0.25) is 0 Å². The van der Waals surface area contributed by atoms with Gasteiger partial charge in [0.05, 0.1) is 11.3 Å². The number of para-hydroxylation sites is 1. The number of hydrogen-bond acceptors (Lipinski definition) is 2. The van der Waals surface area contributed by atoms with Crippen molar-refractivity contribution in [2.45, 2.75) is 25.9 Å². The molecule has 17 heavy (non-hydrogen) atoms. The zero-order valence-electron chi connectivity index (χ0n) is 9.38. The third-order valence-corrected chi connectivity index (χ3v) is 2.31. The molecule has 1 rings (SSSR count). The number of allylic oxidation sites excluding steroid dienone is 1. The van der Waals surface area contributed by atoms with E-state index in [9.17, 15) is 18.3 Å². The molecule has 0 atom stereocenters. The van der Waals surface area contributed by atoms with Gasteiger partial charge in [-0.3, -0.25) is 0 Å². The number of aliphatic hydroxyl groups is 1. The van der Waals surface area contributed by atoms with E-state index in [4.69, 9.17) is 5.73 Å². The molecule has 0 aliphatic heterocycles. The molecule has 2 nitrogen and oxygen atoms in total. The number of halogens is 3. The summed E-state index contributed by atoms with van der Waals surface area (Å²) in [5, 5.41) is 9.64. The van der Waals surface area contributed by atoms with Crippen LogP contribution in [0.3, 0.4) is 0 Å². The Labute approximate surface area is 97.6 Å². The molecule has 0 bridgehead atoms. The number of hydrogen-bond donors (Lipinski definition) is 2. The van der Waals surface area contributed by atoms with Crippen molar-refractivity contribution in [2.75, 3.05) is 5.73 Å². The van der Waals surface area contributed by atoms with Gasteiger partial charge in [0.25, 0.3) is 0 Å². The van der Waals surface area contributed by atoms with Crippen molar-refractivity contribution in [3.8, 4) is 0 Å². The smallest absolute Gasteiger partial charge is 0.418 e. The highest BCUT2D eigenvalue weighted by molar-refractivity contribution is 5.73. The van der Waals surface area contributed by atoms with E-state index < -0.39 is 17.4 Å². The zero-order chi connectivity index (χ0) is 13.1. The van der Waals surface area contributed by atoms with Gasteiger partial charge >= 0.3 is 6.18 Å². The molecule has 0 aliphatic carbocycles. The minimum atomic E-state index is -4.51. The first-order valence-corrected chi connectivity index (χ1v) is 5.23. The Morgan fingerprint density at radius 1 is 1.41 bits per heavy atom. The number of nitrogens with two attached hydrogens (primary N) is 1. The Kier molecular flexibility index (Phi) is 4.04. The Morgan fingerprint density at radius 2 is 2.06 bits per heavy atom. The molecule has 0 saturated carbocycles. The van der Waals surface area contributed by atoms with Gasteiger partial charge in [-0.05, 0) is 24.6 Å². The van der Waals surface area contributed by atoms with E-state index in [-0.39, 0.29) is 11.3 Å². The molecule has 3 N–H and O–H groups in total. The fourth-order valence-corrected chi connectivity index (χ4v) is 1.43. The minimum Gasteiger partial charge on any atom is -0.508 e. The zero-order valence-corrected chi connectivity index (χ0v) is 9.38. The van der Waals surface area contributed by atoms with Gasteiger partial charge in [-0.25, -0.2) is 0 Å². The summed E-state index contributed by atoms with van der Waals surface area (Å²) in [6.07, 6.45) is -1.67. The van der Waals surface area contributed by atoms with Gasteiger partial charge in [0.15, 0.2) is 0 Å². The molecule has 0 spiro atoms. The Balaban J connectivity index is 3.20. The highest BCUT2D eigenvalue weighted by Crippen LogP contribution is 2.36. The summed E-state index contributed by atoms with van der Waals surface area (Å²) < 4.78 is 37.7. The van der Waals surface area contributed by atoms with Crippen molar-refractivity contribution in [1.29, 1.82) is 0 Å². The maximum absolute atomic E-state index is 12.6. The monoisotopic (exact) mass is 245 g/mol. The summed E-state index contributed by atoms with van der Waals surface area (Å²) in [5.74, 6) is -0.213. The van der Waals surface area contributed by atoms with Gasteiger partial charge in [-0.2, -0.15) is 13.2 Å². The second kappa shape index (κ2) is 5.12. The summed E-state index contributed by atoms with van der Waals surface area (Å²) in [6.45, 7) is 1.90. The maximum Gasteiger partial charge on any atom is 0.418 e. The van der Waals surface area contributed by atoms with Crippen LogP contribution in [0.4, 0.5) is 18.9 Å². The lowest BCUT2D eigenvalue weighted by Crippen LogP contribution is -2.10. The van der Waals surface area contributed by atoms with E-state index in [1.165, 1.54) is 18.2 Å². The molecular formula is C12H14F3NO. The largest absolute Gasteiger partial charge is 0.508 e. The van der Waals surface area contributed by atoms with Crippen molar-refractivity contribution in [3.05, 3.63) is 35.4 Å². The Hall–Kier alpha value is -1.65. The average molecular weight is 245 g/mol.